The van der Waals surface area contributed by atoms with E-state index in [0.717, 1.165) is 21.4 Å². The van der Waals surface area contributed by atoms with Crippen molar-refractivity contribution in [1.29, 1.82) is 0 Å². The minimum Gasteiger partial charge on any atom is -0.294 e. The van der Waals surface area contributed by atoms with Crippen molar-refractivity contribution in [2.45, 2.75) is 18.2 Å². The molecule has 0 spiro atoms. The van der Waals surface area contributed by atoms with Gasteiger partial charge < -0.3 is 0 Å². The van der Waals surface area contributed by atoms with Crippen LogP contribution in [0.5, 0.6) is 0 Å². The Labute approximate surface area is 136 Å². The maximum absolute atomic E-state index is 12.2. The molecule has 0 amide bonds. The molecular weight excluding hydrogens is 356 g/mol. The summed E-state index contributed by atoms with van der Waals surface area (Å²) in [6, 6.07) is 13.3. The lowest BCUT2D eigenvalue weighted by molar-refractivity contribution is 0.0993. The second-order valence-corrected chi connectivity index (χ2v) is 6.95. The van der Waals surface area contributed by atoms with Gasteiger partial charge in [-0.3, -0.25) is 4.79 Å². The summed E-state index contributed by atoms with van der Waals surface area (Å²) in [4.78, 5) is 13.4. The lowest BCUT2D eigenvalue weighted by Crippen LogP contribution is -2.03. The Balaban J connectivity index is 2.11. The van der Waals surface area contributed by atoms with Crippen molar-refractivity contribution in [3.8, 4) is 0 Å². The molecule has 2 aromatic carbocycles. The van der Waals surface area contributed by atoms with Crippen LogP contribution in [-0.2, 0) is 6.42 Å². The minimum absolute atomic E-state index is 0.0854. The van der Waals surface area contributed by atoms with Gasteiger partial charge in [0.2, 0.25) is 0 Å². The second-order valence-electron chi connectivity index (χ2n) is 4.29. The van der Waals surface area contributed by atoms with E-state index in [0.29, 0.717) is 11.4 Å². The molecule has 4 heteroatoms. The molecule has 0 aliphatic heterocycles. The Morgan fingerprint density at radius 1 is 1.20 bits per heavy atom. The summed E-state index contributed by atoms with van der Waals surface area (Å²) in [6.45, 7) is 2.11. The molecule has 0 bridgehead atoms. The van der Waals surface area contributed by atoms with Gasteiger partial charge in [0.15, 0.2) is 5.78 Å². The predicted molar refractivity (Wildman–Crippen MR) is 90.0 cm³/mol. The van der Waals surface area contributed by atoms with Crippen LogP contribution in [-0.4, -0.2) is 11.5 Å². The van der Waals surface area contributed by atoms with Crippen molar-refractivity contribution in [2.24, 2.45) is 0 Å². The molecule has 0 unspecified atom stereocenters. The Morgan fingerprint density at radius 2 is 1.90 bits per heavy atom. The Morgan fingerprint density at radius 3 is 2.50 bits per heavy atom. The zero-order chi connectivity index (χ0) is 14.5. The van der Waals surface area contributed by atoms with Crippen molar-refractivity contribution in [1.82, 2.24) is 0 Å². The van der Waals surface area contributed by atoms with Crippen LogP contribution in [0, 0.1) is 0 Å². The number of ketones is 1. The van der Waals surface area contributed by atoms with E-state index in [1.807, 2.05) is 42.5 Å². The standard InChI is InChI=1S/C16H14BrClOS/c1-2-20-14-7-4-11(5-8-14)16(19)9-12-3-6-13(17)10-15(12)18/h3-8,10H,2,9H2,1H3. The lowest BCUT2D eigenvalue weighted by Gasteiger charge is -2.05. The lowest BCUT2D eigenvalue weighted by atomic mass is 10.0. The highest BCUT2D eigenvalue weighted by Crippen LogP contribution is 2.23. The van der Waals surface area contributed by atoms with Crippen LogP contribution in [0.4, 0.5) is 0 Å². The zero-order valence-electron chi connectivity index (χ0n) is 11.0. The first-order valence-electron chi connectivity index (χ1n) is 6.30. The summed E-state index contributed by atoms with van der Waals surface area (Å²) in [6.07, 6.45) is 0.326. The monoisotopic (exact) mass is 368 g/mol. The number of hydrogen-bond acceptors (Lipinski definition) is 2. The van der Waals surface area contributed by atoms with E-state index in [1.54, 1.807) is 11.8 Å². The van der Waals surface area contributed by atoms with Crippen molar-refractivity contribution in [3.05, 3.63) is 63.1 Å². The van der Waals surface area contributed by atoms with E-state index in [1.165, 1.54) is 4.90 Å². The average molecular weight is 370 g/mol. The van der Waals surface area contributed by atoms with Crippen molar-refractivity contribution < 1.29 is 4.79 Å². The third-order valence-corrected chi connectivity index (χ3v) is 4.59. The van der Waals surface area contributed by atoms with E-state index in [-0.39, 0.29) is 5.78 Å². The van der Waals surface area contributed by atoms with Gasteiger partial charge in [0.1, 0.15) is 0 Å². The number of carbonyl (C=O) groups excluding carboxylic acids is 1. The maximum Gasteiger partial charge on any atom is 0.167 e. The molecule has 1 nitrogen and oxygen atoms in total. The highest BCUT2D eigenvalue weighted by Gasteiger charge is 2.10. The molecule has 20 heavy (non-hydrogen) atoms. The predicted octanol–water partition coefficient (Wildman–Crippen LogP) is 5.64. The molecule has 104 valence electrons. The van der Waals surface area contributed by atoms with Gasteiger partial charge in [0, 0.05) is 26.4 Å². The van der Waals surface area contributed by atoms with E-state index >= 15 is 0 Å². The quantitative estimate of drug-likeness (QED) is 0.501. The van der Waals surface area contributed by atoms with Gasteiger partial charge >= 0.3 is 0 Å². The number of rotatable bonds is 5. The third kappa shape index (κ3) is 4.11. The molecule has 0 radical (unpaired) electrons. The van der Waals surface area contributed by atoms with E-state index in [4.69, 9.17) is 11.6 Å². The molecule has 2 rings (SSSR count). The van der Waals surface area contributed by atoms with Gasteiger partial charge in [-0.2, -0.15) is 0 Å². The normalized spacial score (nSPS) is 10.6. The number of halogens is 2. The van der Waals surface area contributed by atoms with Crippen LogP contribution >= 0.6 is 39.3 Å². The fourth-order valence-corrected chi connectivity index (χ4v) is 3.25. The Hall–Kier alpha value is -0.770. The molecule has 0 atom stereocenters. The smallest absolute Gasteiger partial charge is 0.167 e. The first kappa shape index (κ1) is 15.6. The molecule has 0 saturated heterocycles. The summed E-state index contributed by atoms with van der Waals surface area (Å²) in [5, 5.41) is 0.617. The van der Waals surface area contributed by atoms with Crippen LogP contribution in [0.25, 0.3) is 0 Å². The number of thioether (sulfide) groups is 1. The number of hydrogen-bond donors (Lipinski definition) is 0. The first-order valence-corrected chi connectivity index (χ1v) is 8.46. The molecule has 0 N–H and O–H groups in total. The molecule has 0 aliphatic rings. The first-order chi connectivity index (χ1) is 9.60. The van der Waals surface area contributed by atoms with Crippen LogP contribution in [0.15, 0.2) is 51.8 Å². The van der Waals surface area contributed by atoms with Gasteiger partial charge in [-0.05, 0) is 35.6 Å². The Bertz CT molecular complexity index is 610. The van der Waals surface area contributed by atoms with E-state index in [9.17, 15) is 4.79 Å². The SMILES string of the molecule is CCSc1ccc(C(=O)Cc2ccc(Br)cc2Cl)cc1. The summed E-state index contributed by atoms with van der Waals surface area (Å²) in [5.41, 5.74) is 1.58. The number of benzene rings is 2. The minimum atomic E-state index is 0.0854. The highest BCUT2D eigenvalue weighted by molar-refractivity contribution is 9.10. The number of carbonyl (C=O) groups is 1. The second kappa shape index (κ2) is 7.30. The fourth-order valence-electron chi connectivity index (χ4n) is 1.84. The van der Waals surface area contributed by atoms with Gasteiger partial charge in [-0.15, -0.1) is 11.8 Å². The maximum atomic E-state index is 12.2. The molecule has 0 saturated carbocycles. The summed E-state index contributed by atoms with van der Waals surface area (Å²) < 4.78 is 0.916. The van der Waals surface area contributed by atoms with E-state index < -0.39 is 0 Å². The molecule has 2 aromatic rings. The molecule has 0 aromatic heterocycles. The van der Waals surface area contributed by atoms with Crippen molar-refractivity contribution in [2.75, 3.05) is 5.75 Å². The molecule has 0 aliphatic carbocycles. The third-order valence-electron chi connectivity index (χ3n) is 2.85. The zero-order valence-corrected chi connectivity index (χ0v) is 14.2. The van der Waals surface area contributed by atoms with Gasteiger partial charge in [-0.25, -0.2) is 0 Å². The fraction of sp³-hybridized carbons (Fsp3) is 0.188. The summed E-state index contributed by atoms with van der Waals surface area (Å²) in [5.74, 6) is 1.11. The topological polar surface area (TPSA) is 17.1 Å². The van der Waals surface area contributed by atoms with Crippen LogP contribution in [0.1, 0.15) is 22.8 Å². The number of Topliss-reactive ketones (excluding diaryl/α,β-unsaturated/α-hetero) is 1. The van der Waals surface area contributed by atoms with Crippen LogP contribution in [0.2, 0.25) is 5.02 Å². The van der Waals surface area contributed by atoms with Gasteiger partial charge in [0.25, 0.3) is 0 Å². The van der Waals surface area contributed by atoms with E-state index in [2.05, 4.69) is 22.9 Å². The van der Waals surface area contributed by atoms with Crippen molar-refractivity contribution >= 4 is 45.1 Å². The molecule has 0 fully saturated rings. The average Bonchev–Trinajstić information content (AvgIpc) is 2.43. The Kier molecular flexibility index (Phi) is 5.70. The summed E-state index contributed by atoms with van der Waals surface area (Å²) in [7, 11) is 0. The van der Waals surface area contributed by atoms with Crippen molar-refractivity contribution in [3.63, 3.8) is 0 Å². The largest absolute Gasteiger partial charge is 0.294 e. The highest BCUT2D eigenvalue weighted by atomic mass is 79.9. The molecular formula is C16H14BrClOS. The summed E-state index contributed by atoms with van der Waals surface area (Å²) >= 11 is 11.3. The van der Waals surface area contributed by atoms with Gasteiger partial charge in [0.05, 0.1) is 0 Å². The van der Waals surface area contributed by atoms with Gasteiger partial charge in [-0.1, -0.05) is 52.7 Å². The molecule has 0 heterocycles. The van der Waals surface area contributed by atoms with Crippen LogP contribution in [0.3, 0.4) is 0 Å². The van der Waals surface area contributed by atoms with Crippen LogP contribution < -0.4 is 0 Å².